The molecule has 1 unspecified atom stereocenters. The molecule has 0 aromatic carbocycles. The van der Waals surface area contributed by atoms with Gasteiger partial charge in [0, 0.05) is 12.7 Å². The largest absolute Gasteiger partial charge is 0.350 e. The first-order chi connectivity index (χ1) is 8.57. The number of hydrogen-bond donors (Lipinski definition) is 2. The van der Waals surface area contributed by atoms with E-state index in [4.69, 9.17) is 5.73 Å². The highest BCUT2D eigenvalue weighted by molar-refractivity contribution is 5.82. The van der Waals surface area contributed by atoms with Crippen LogP contribution in [0.1, 0.15) is 38.4 Å². The Morgan fingerprint density at radius 1 is 1.50 bits per heavy atom. The zero-order valence-electron chi connectivity index (χ0n) is 11.5. The molecule has 4 nitrogen and oxygen atoms in total. The van der Waals surface area contributed by atoms with E-state index in [1.165, 1.54) is 5.56 Å². The Kier molecular flexibility index (Phi) is 5.28. The van der Waals surface area contributed by atoms with Gasteiger partial charge in [0.2, 0.25) is 5.91 Å². The highest BCUT2D eigenvalue weighted by Gasteiger charge is 2.29. The number of nitrogens with one attached hydrogen (secondary N) is 1. The van der Waals surface area contributed by atoms with Crippen molar-refractivity contribution in [2.45, 2.75) is 40.2 Å². The molecule has 1 atom stereocenters. The average Bonchev–Trinajstić information content (AvgIpc) is 2.43. The molecule has 0 radical (unpaired) electrons. The van der Waals surface area contributed by atoms with E-state index >= 15 is 0 Å². The lowest BCUT2D eigenvalue weighted by Gasteiger charge is -2.25. The molecule has 1 aromatic rings. The van der Waals surface area contributed by atoms with E-state index in [1.54, 1.807) is 6.20 Å². The van der Waals surface area contributed by atoms with Crippen molar-refractivity contribution < 1.29 is 4.79 Å². The van der Waals surface area contributed by atoms with Gasteiger partial charge in [0.05, 0.1) is 17.7 Å². The quantitative estimate of drug-likeness (QED) is 0.805. The van der Waals surface area contributed by atoms with Gasteiger partial charge in [0.1, 0.15) is 0 Å². The van der Waals surface area contributed by atoms with Crippen LogP contribution < -0.4 is 11.1 Å². The Morgan fingerprint density at radius 3 is 2.78 bits per heavy atom. The lowest BCUT2D eigenvalue weighted by molar-refractivity contribution is -0.130. The number of aryl methyl sites for hydroxylation is 1. The predicted octanol–water partition coefficient (Wildman–Crippen LogP) is 1.64. The number of rotatable bonds is 6. The summed E-state index contributed by atoms with van der Waals surface area (Å²) in [7, 11) is 0. The third kappa shape index (κ3) is 3.29. The molecule has 0 bridgehead atoms. The summed E-state index contributed by atoms with van der Waals surface area (Å²) in [5.74, 6) is 0.000191. The fraction of sp³-hybridized carbons (Fsp3) is 0.571. The average molecular weight is 249 g/mol. The lowest BCUT2D eigenvalue weighted by atomic mass is 9.86. The van der Waals surface area contributed by atoms with E-state index in [0.717, 1.165) is 18.5 Å². The second kappa shape index (κ2) is 6.50. The third-order valence-electron chi connectivity index (χ3n) is 3.56. The van der Waals surface area contributed by atoms with Gasteiger partial charge < -0.3 is 11.1 Å². The number of pyridine rings is 1. The Morgan fingerprint density at radius 2 is 2.22 bits per heavy atom. The zero-order valence-corrected chi connectivity index (χ0v) is 11.5. The van der Waals surface area contributed by atoms with Crippen LogP contribution in [0.4, 0.5) is 0 Å². The maximum absolute atomic E-state index is 12.1. The minimum absolute atomic E-state index is 0.000191. The van der Waals surface area contributed by atoms with Crippen LogP contribution in [0.5, 0.6) is 0 Å². The second-order valence-corrected chi connectivity index (χ2v) is 4.76. The standard InChI is InChI=1S/C14H23N3O/c1-4-11-7-6-8-16-12(11)9-17-13(18)14(3,5-2)10-15/h6-8H,4-5,9-10,15H2,1-3H3,(H,17,18). The number of aromatic nitrogens is 1. The van der Waals surface area contributed by atoms with Crippen molar-refractivity contribution in [2.24, 2.45) is 11.1 Å². The molecule has 3 N–H and O–H groups in total. The monoisotopic (exact) mass is 249 g/mol. The summed E-state index contributed by atoms with van der Waals surface area (Å²) in [6.45, 7) is 6.78. The van der Waals surface area contributed by atoms with Crippen molar-refractivity contribution in [1.82, 2.24) is 10.3 Å². The number of hydrogen-bond acceptors (Lipinski definition) is 3. The minimum Gasteiger partial charge on any atom is -0.350 e. The predicted molar refractivity (Wildman–Crippen MR) is 72.9 cm³/mol. The molecule has 1 rings (SSSR count). The second-order valence-electron chi connectivity index (χ2n) is 4.76. The highest BCUT2D eigenvalue weighted by atomic mass is 16.2. The van der Waals surface area contributed by atoms with Gasteiger partial charge in [-0.2, -0.15) is 0 Å². The molecule has 0 aliphatic carbocycles. The fourth-order valence-electron chi connectivity index (χ4n) is 1.73. The summed E-state index contributed by atoms with van der Waals surface area (Å²) in [5, 5.41) is 2.93. The molecule has 0 spiro atoms. The van der Waals surface area contributed by atoms with E-state index in [0.29, 0.717) is 13.1 Å². The number of carbonyl (C=O) groups is 1. The summed E-state index contributed by atoms with van der Waals surface area (Å²) in [5.41, 5.74) is 7.29. The van der Waals surface area contributed by atoms with Crippen molar-refractivity contribution in [3.05, 3.63) is 29.6 Å². The molecule has 4 heteroatoms. The van der Waals surface area contributed by atoms with Crippen molar-refractivity contribution in [3.8, 4) is 0 Å². The van der Waals surface area contributed by atoms with Gasteiger partial charge in [0.25, 0.3) is 0 Å². The van der Waals surface area contributed by atoms with Gasteiger partial charge in [0.15, 0.2) is 0 Å². The molecule has 0 aliphatic heterocycles. The van der Waals surface area contributed by atoms with Crippen LogP contribution in [0.2, 0.25) is 0 Å². The fourth-order valence-corrected chi connectivity index (χ4v) is 1.73. The molecule has 18 heavy (non-hydrogen) atoms. The van der Waals surface area contributed by atoms with Gasteiger partial charge in [-0.25, -0.2) is 0 Å². The molecule has 0 aliphatic rings. The summed E-state index contributed by atoms with van der Waals surface area (Å²) in [6.07, 6.45) is 3.40. The van der Waals surface area contributed by atoms with Gasteiger partial charge in [-0.1, -0.05) is 19.9 Å². The Labute approximate surface area is 109 Å². The van der Waals surface area contributed by atoms with Crippen LogP contribution in [0.25, 0.3) is 0 Å². The molecule has 1 heterocycles. The Bertz CT molecular complexity index is 400. The smallest absolute Gasteiger partial charge is 0.227 e. The first kappa shape index (κ1) is 14.6. The van der Waals surface area contributed by atoms with E-state index in [-0.39, 0.29) is 5.91 Å². The highest BCUT2D eigenvalue weighted by Crippen LogP contribution is 2.19. The van der Waals surface area contributed by atoms with Crippen LogP contribution in [0, 0.1) is 5.41 Å². The van der Waals surface area contributed by atoms with E-state index < -0.39 is 5.41 Å². The minimum atomic E-state index is -0.485. The first-order valence-corrected chi connectivity index (χ1v) is 6.48. The van der Waals surface area contributed by atoms with Crippen LogP contribution in [-0.4, -0.2) is 17.4 Å². The molecule has 1 amide bonds. The van der Waals surface area contributed by atoms with E-state index in [9.17, 15) is 4.79 Å². The first-order valence-electron chi connectivity index (χ1n) is 6.48. The molecule has 1 aromatic heterocycles. The molecule has 0 saturated carbocycles. The topological polar surface area (TPSA) is 68.0 Å². The van der Waals surface area contributed by atoms with Gasteiger partial charge in [-0.3, -0.25) is 9.78 Å². The van der Waals surface area contributed by atoms with Gasteiger partial charge >= 0.3 is 0 Å². The maximum Gasteiger partial charge on any atom is 0.227 e. The van der Waals surface area contributed by atoms with Gasteiger partial charge in [-0.05, 0) is 31.4 Å². The number of amides is 1. The summed E-state index contributed by atoms with van der Waals surface area (Å²) in [4.78, 5) is 16.4. The molecule has 100 valence electrons. The van der Waals surface area contributed by atoms with Crippen LogP contribution in [0.3, 0.4) is 0 Å². The Balaban J connectivity index is 2.68. The number of nitrogens with zero attached hydrogens (tertiary/aromatic N) is 1. The van der Waals surface area contributed by atoms with Crippen molar-refractivity contribution in [1.29, 1.82) is 0 Å². The normalized spacial score (nSPS) is 14.0. The van der Waals surface area contributed by atoms with Crippen LogP contribution in [-0.2, 0) is 17.8 Å². The lowest BCUT2D eigenvalue weighted by Crippen LogP contribution is -2.43. The maximum atomic E-state index is 12.1. The van der Waals surface area contributed by atoms with E-state index in [2.05, 4.69) is 17.2 Å². The molecule has 0 saturated heterocycles. The summed E-state index contributed by atoms with van der Waals surface area (Å²) >= 11 is 0. The van der Waals surface area contributed by atoms with Crippen molar-refractivity contribution >= 4 is 5.91 Å². The molecular weight excluding hydrogens is 226 g/mol. The molecular formula is C14H23N3O. The van der Waals surface area contributed by atoms with Crippen LogP contribution >= 0.6 is 0 Å². The van der Waals surface area contributed by atoms with Crippen molar-refractivity contribution in [2.75, 3.05) is 6.54 Å². The number of nitrogens with two attached hydrogens (primary N) is 1. The van der Waals surface area contributed by atoms with Crippen molar-refractivity contribution in [3.63, 3.8) is 0 Å². The SMILES string of the molecule is CCc1cccnc1CNC(=O)C(C)(CC)CN. The Hall–Kier alpha value is -1.42. The zero-order chi connectivity index (χ0) is 13.6. The number of carbonyl (C=O) groups excluding carboxylic acids is 1. The third-order valence-corrected chi connectivity index (χ3v) is 3.56. The summed E-state index contributed by atoms with van der Waals surface area (Å²) < 4.78 is 0. The molecule has 0 fully saturated rings. The van der Waals surface area contributed by atoms with Gasteiger partial charge in [-0.15, -0.1) is 0 Å². The summed E-state index contributed by atoms with van der Waals surface area (Å²) in [6, 6.07) is 3.95. The van der Waals surface area contributed by atoms with E-state index in [1.807, 2.05) is 26.0 Å². The van der Waals surface area contributed by atoms with Crippen LogP contribution in [0.15, 0.2) is 18.3 Å².